The van der Waals surface area contributed by atoms with Crippen LogP contribution >= 0.6 is 0 Å². The summed E-state index contributed by atoms with van der Waals surface area (Å²) in [7, 11) is 1.58. The van der Waals surface area contributed by atoms with Crippen molar-refractivity contribution in [2.45, 2.75) is 25.3 Å². The molecule has 4 rings (SSSR count). The van der Waals surface area contributed by atoms with Crippen molar-refractivity contribution < 1.29 is 19.3 Å². The van der Waals surface area contributed by atoms with Gasteiger partial charge in [-0.2, -0.15) is 0 Å². The minimum absolute atomic E-state index is 0.0285. The predicted octanol–water partition coefficient (Wildman–Crippen LogP) is 4.64. The summed E-state index contributed by atoms with van der Waals surface area (Å²) in [5, 5.41) is 14.4. The molecule has 0 fully saturated rings. The van der Waals surface area contributed by atoms with E-state index in [-0.39, 0.29) is 11.8 Å². The fourth-order valence-electron chi connectivity index (χ4n) is 4.33. The number of nitrogens with one attached hydrogen (secondary N) is 1. The summed E-state index contributed by atoms with van der Waals surface area (Å²) in [5.41, 5.74) is 3.10. The maximum atomic E-state index is 10.7. The lowest BCUT2D eigenvalue weighted by atomic mass is 9.76. The number of ether oxygens (including phenoxy) is 3. The van der Waals surface area contributed by atoms with Crippen molar-refractivity contribution in [2.24, 2.45) is 5.92 Å². The lowest BCUT2D eigenvalue weighted by Gasteiger charge is -2.38. The van der Waals surface area contributed by atoms with E-state index in [2.05, 4.69) is 23.5 Å². The van der Waals surface area contributed by atoms with Crippen LogP contribution in [0, 0.1) is 5.92 Å². The maximum Gasteiger partial charge on any atom is 0.163 e. The number of methoxy groups -OCH3 is 1. The van der Waals surface area contributed by atoms with E-state index in [0.717, 1.165) is 23.4 Å². The molecule has 0 amide bonds. The highest BCUT2D eigenvalue weighted by Gasteiger charge is 2.40. The van der Waals surface area contributed by atoms with Crippen LogP contribution in [-0.4, -0.2) is 32.0 Å². The Bertz CT molecular complexity index is 864. The number of hydrogen-bond acceptors (Lipinski definition) is 5. The number of rotatable bonds is 7. The quantitative estimate of drug-likeness (QED) is 0.540. The van der Waals surface area contributed by atoms with E-state index in [4.69, 9.17) is 14.2 Å². The number of fused-ring (bicyclic) bond motifs is 3. The van der Waals surface area contributed by atoms with Gasteiger partial charge in [-0.15, -0.1) is 0 Å². The van der Waals surface area contributed by atoms with Crippen LogP contribution in [0.1, 0.15) is 36.4 Å². The molecule has 0 saturated carbocycles. The molecule has 2 aromatic rings. The molecule has 5 heteroatoms. The van der Waals surface area contributed by atoms with Gasteiger partial charge in [0.05, 0.1) is 25.4 Å². The largest absolute Gasteiger partial charge is 0.504 e. The number of para-hydroxylation sites is 2. The van der Waals surface area contributed by atoms with Gasteiger partial charge in [-0.1, -0.05) is 36.4 Å². The van der Waals surface area contributed by atoms with Gasteiger partial charge in [0, 0.05) is 18.1 Å². The third-order valence-electron chi connectivity index (χ3n) is 5.63. The number of aromatic hydroxyl groups is 1. The number of anilines is 1. The third-order valence-corrected chi connectivity index (χ3v) is 5.63. The monoisotopic (exact) mass is 381 g/mol. The van der Waals surface area contributed by atoms with Crippen molar-refractivity contribution >= 4 is 5.69 Å². The van der Waals surface area contributed by atoms with Crippen LogP contribution in [0.15, 0.2) is 48.6 Å². The second kappa shape index (κ2) is 8.15. The van der Waals surface area contributed by atoms with E-state index >= 15 is 0 Å². The number of benzene rings is 2. The first kappa shape index (κ1) is 18.7. The Balaban J connectivity index is 1.69. The molecule has 3 atom stereocenters. The number of phenolic OH excluding ortho intramolecular Hbond substituents is 1. The molecular formula is C23H27NO4. The van der Waals surface area contributed by atoms with Gasteiger partial charge in [0.15, 0.2) is 11.5 Å². The smallest absolute Gasteiger partial charge is 0.163 e. The van der Waals surface area contributed by atoms with Crippen LogP contribution in [0.2, 0.25) is 0 Å². The first-order chi connectivity index (χ1) is 13.7. The van der Waals surface area contributed by atoms with Crippen molar-refractivity contribution in [1.29, 1.82) is 0 Å². The zero-order chi connectivity index (χ0) is 19.5. The topological polar surface area (TPSA) is 60.0 Å². The predicted molar refractivity (Wildman–Crippen MR) is 109 cm³/mol. The molecule has 2 N–H and O–H groups in total. The molecule has 1 aliphatic heterocycles. The second-order valence-corrected chi connectivity index (χ2v) is 7.14. The molecule has 1 aliphatic carbocycles. The Morgan fingerprint density at radius 3 is 2.64 bits per heavy atom. The van der Waals surface area contributed by atoms with Crippen LogP contribution in [0.25, 0.3) is 0 Å². The summed E-state index contributed by atoms with van der Waals surface area (Å²) in [5.74, 6) is 2.15. The molecule has 0 spiro atoms. The SMILES string of the molecule is CCOCCOc1cccc2c1NC(c1cccc(OC)c1O)C1CC=CC21. The summed E-state index contributed by atoms with van der Waals surface area (Å²) in [6.07, 6.45) is 5.48. The fraction of sp³-hybridized carbons (Fsp3) is 0.391. The Morgan fingerprint density at radius 1 is 1.07 bits per heavy atom. The van der Waals surface area contributed by atoms with Crippen LogP contribution in [0.4, 0.5) is 5.69 Å². The van der Waals surface area contributed by atoms with Crippen LogP contribution in [0.3, 0.4) is 0 Å². The molecular weight excluding hydrogens is 354 g/mol. The summed E-state index contributed by atoms with van der Waals surface area (Å²) in [6, 6.07) is 11.8. The first-order valence-corrected chi connectivity index (χ1v) is 9.87. The van der Waals surface area contributed by atoms with Crippen LogP contribution < -0.4 is 14.8 Å². The molecule has 3 unspecified atom stereocenters. The Hall–Kier alpha value is -2.66. The lowest BCUT2D eigenvalue weighted by molar-refractivity contribution is 0.110. The van der Waals surface area contributed by atoms with Gasteiger partial charge in [-0.3, -0.25) is 0 Å². The average molecular weight is 381 g/mol. The van der Waals surface area contributed by atoms with Crippen molar-refractivity contribution in [3.63, 3.8) is 0 Å². The highest BCUT2D eigenvalue weighted by Crippen LogP contribution is 2.53. The van der Waals surface area contributed by atoms with E-state index in [1.165, 1.54) is 5.56 Å². The van der Waals surface area contributed by atoms with E-state index in [9.17, 15) is 5.11 Å². The Labute approximate surface area is 165 Å². The highest BCUT2D eigenvalue weighted by atomic mass is 16.5. The molecule has 0 bridgehead atoms. The van der Waals surface area contributed by atoms with Crippen LogP contribution in [0.5, 0.6) is 17.2 Å². The van der Waals surface area contributed by atoms with Crippen molar-refractivity contribution in [1.82, 2.24) is 0 Å². The van der Waals surface area contributed by atoms with Gasteiger partial charge < -0.3 is 24.6 Å². The van der Waals surface area contributed by atoms with Gasteiger partial charge in [0.2, 0.25) is 0 Å². The molecule has 148 valence electrons. The molecule has 0 radical (unpaired) electrons. The van der Waals surface area contributed by atoms with Gasteiger partial charge in [0.25, 0.3) is 0 Å². The standard InChI is InChI=1S/C23H27NO4/c1-3-27-13-14-28-19-11-5-9-17-15-7-4-8-16(15)21(24-22(17)19)18-10-6-12-20(26-2)23(18)25/h4-7,9-12,15-16,21,24-25H,3,8,13-14H2,1-2H3. The summed E-state index contributed by atoms with van der Waals surface area (Å²) >= 11 is 0. The maximum absolute atomic E-state index is 10.7. The highest BCUT2D eigenvalue weighted by molar-refractivity contribution is 5.68. The molecule has 2 aromatic carbocycles. The van der Waals surface area contributed by atoms with Crippen molar-refractivity contribution in [3.8, 4) is 17.2 Å². The zero-order valence-electron chi connectivity index (χ0n) is 16.4. The van der Waals surface area contributed by atoms with E-state index in [1.54, 1.807) is 13.2 Å². The molecule has 1 heterocycles. The van der Waals surface area contributed by atoms with Gasteiger partial charge in [-0.05, 0) is 37.0 Å². The minimum atomic E-state index is -0.0285. The van der Waals surface area contributed by atoms with Crippen molar-refractivity contribution in [3.05, 3.63) is 59.7 Å². The second-order valence-electron chi connectivity index (χ2n) is 7.14. The molecule has 0 aromatic heterocycles. The summed E-state index contributed by atoms with van der Waals surface area (Å²) < 4.78 is 16.7. The van der Waals surface area contributed by atoms with E-state index in [0.29, 0.717) is 37.4 Å². The summed E-state index contributed by atoms with van der Waals surface area (Å²) in [6.45, 7) is 3.72. The minimum Gasteiger partial charge on any atom is -0.504 e. The Morgan fingerprint density at radius 2 is 1.86 bits per heavy atom. The zero-order valence-corrected chi connectivity index (χ0v) is 16.4. The fourth-order valence-corrected chi connectivity index (χ4v) is 4.33. The number of allylic oxidation sites excluding steroid dienone is 2. The Kier molecular flexibility index (Phi) is 5.44. The molecule has 28 heavy (non-hydrogen) atoms. The van der Waals surface area contributed by atoms with Crippen LogP contribution in [-0.2, 0) is 4.74 Å². The molecule has 2 aliphatic rings. The molecule has 5 nitrogen and oxygen atoms in total. The summed E-state index contributed by atoms with van der Waals surface area (Å²) in [4.78, 5) is 0. The lowest BCUT2D eigenvalue weighted by Crippen LogP contribution is -2.29. The average Bonchev–Trinajstić information content (AvgIpc) is 3.21. The number of phenols is 1. The van der Waals surface area contributed by atoms with Gasteiger partial charge in [-0.25, -0.2) is 0 Å². The van der Waals surface area contributed by atoms with E-state index < -0.39 is 0 Å². The molecule has 0 saturated heterocycles. The number of hydrogen-bond donors (Lipinski definition) is 2. The first-order valence-electron chi connectivity index (χ1n) is 9.87. The normalized spacial score (nSPS) is 22.3. The third kappa shape index (κ3) is 3.31. The van der Waals surface area contributed by atoms with Gasteiger partial charge >= 0.3 is 0 Å². The van der Waals surface area contributed by atoms with Gasteiger partial charge in [0.1, 0.15) is 12.4 Å². The van der Waals surface area contributed by atoms with Crippen molar-refractivity contribution in [2.75, 3.05) is 32.2 Å². The van der Waals surface area contributed by atoms with E-state index in [1.807, 2.05) is 31.2 Å².